The first-order valence-electron chi connectivity index (χ1n) is 5.34. The zero-order chi connectivity index (χ0) is 11.6. The van der Waals surface area contributed by atoms with Crippen molar-refractivity contribution in [3.8, 4) is 11.3 Å². The van der Waals surface area contributed by atoms with Crippen molar-refractivity contribution < 1.29 is 0 Å². The minimum atomic E-state index is 0.186. The molecular formula is C13H16N2S. The van der Waals surface area contributed by atoms with E-state index in [4.69, 9.17) is 0 Å². The molecule has 0 spiro atoms. The van der Waals surface area contributed by atoms with Gasteiger partial charge in [0.15, 0.2) is 5.16 Å². The quantitative estimate of drug-likeness (QED) is 0.794. The first kappa shape index (κ1) is 11.3. The lowest BCUT2D eigenvalue weighted by Crippen LogP contribution is -2.07. The highest BCUT2D eigenvalue weighted by Gasteiger charge is 2.14. The molecule has 1 aromatic heterocycles. The summed E-state index contributed by atoms with van der Waals surface area (Å²) in [6.45, 7) is 6.55. The fourth-order valence-electron chi connectivity index (χ4n) is 1.41. The van der Waals surface area contributed by atoms with Gasteiger partial charge in [-0.1, -0.05) is 62.9 Å². The van der Waals surface area contributed by atoms with E-state index in [-0.39, 0.29) is 4.75 Å². The van der Waals surface area contributed by atoms with E-state index < -0.39 is 0 Å². The lowest BCUT2D eigenvalue weighted by atomic mass is 10.2. The van der Waals surface area contributed by atoms with Gasteiger partial charge in [0.1, 0.15) is 0 Å². The third-order valence-corrected chi connectivity index (χ3v) is 3.05. The number of rotatable bonds is 2. The summed E-state index contributed by atoms with van der Waals surface area (Å²) in [5.74, 6) is 0. The smallest absolute Gasteiger partial charge is 0.166 e. The van der Waals surface area contributed by atoms with Crippen LogP contribution in [0.2, 0.25) is 0 Å². The van der Waals surface area contributed by atoms with Gasteiger partial charge in [0.25, 0.3) is 0 Å². The van der Waals surface area contributed by atoms with Gasteiger partial charge in [0.05, 0.1) is 11.9 Å². The normalized spacial score (nSPS) is 11.7. The predicted molar refractivity (Wildman–Crippen MR) is 69.6 cm³/mol. The Labute approximate surface area is 101 Å². The van der Waals surface area contributed by atoms with E-state index in [9.17, 15) is 0 Å². The molecule has 0 aliphatic carbocycles. The lowest BCUT2D eigenvalue weighted by Gasteiger charge is -2.14. The lowest BCUT2D eigenvalue weighted by molar-refractivity contribution is 0.795. The first-order valence-corrected chi connectivity index (χ1v) is 6.16. The number of nitrogens with zero attached hydrogens (tertiary/aromatic N) is 1. The fraction of sp³-hybridized carbons (Fsp3) is 0.308. The van der Waals surface area contributed by atoms with E-state index in [0.29, 0.717) is 0 Å². The number of thioether (sulfide) groups is 1. The third kappa shape index (κ3) is 2.89. The summed E-state index contributed by atoms with van der Waals surface area (Å²) in [6, 6.07) is 10.3. The molecule has 0 aliphatic heterocycles. The Morgan fingerprint density at radius 3 is 2.44 bits per heavy atom. The molecular weight excluding hydrogens is 216 g/mol. The third-order valence-electron chi connectivity index (χ3n) is 2.04. The highest BCUT2D eigenvalue weighted by molar-refractivity contribution is 8.00. The molecule has 2 nitrogen and oxygen atoms in total. The van der Waals surface area contributed by atoms with Gasteiger partial charge in [-0.2, -0.15) is 0 Å². The van der Waals surface area contributed by atoms with Gasteiger partial charge in [-0.25, -0.2) is 4.98 Å². The van der Waals surface area contributed by atoms with Gasteiger partial charge < -0.3 is 4.98 Å². The van der Waals surface area contributed by atoms with Crippen LogP contribution >= 0.6 is 11.8 Å². The number of benzene rings is 1. The molecule has 0 radical (unpaired) electrons. The number of H-pyrrole nitrogens is 1. The van der Waals surface area contributed by atoms with E-state index in [2.05, 4.69) is 42.9 Å². The van der Waals surface area contributed by atoms with Crippen molar-refractivity contribution in [2.24, 2.45) is 0 Å². The summed E-state index contributed by atoms with van der Waals surface area (Å²) in [7, 11) is 0. The molecule has 84 valence electrons. The molecule has 0 aliphatic rings. The van der Waals surface area contributed by atoms with E-state index in [1.165, 1.54) is 5.56 Å². The summed E-state index contributed by atoms with van der Waals surface area (Å²) in [6.07, 6.45) is 1.89. The second-order valence-electron chi connectivity index (χ2n) is 4.68. The Bertz CT molecular complexity index is 454. The van der Waals surface area contributed by atoms with Crippen LogP contribution in [0.4, 0.5) is 0 Å². The van der Waals surface area contributed by atoms with Crippen molar-refractivity contribution in [1.29, 1.82) is 0 Å². The van der Waals surface area contributed by atoms with Crippen LogP contribution in [0.15, 0.2) is 41.7 Å². The number of aromatic nitrogens is 2. The summed E-state index contributed by atoms with van der Waals surface area (Å²) < 4.78 is 0.186. The van der Waals surface area contributed by atoms with Gasteiger partial charge in [0, 0.05) is 4.75 Å². The van der Waals surface area contributed by atoms with Crippen molar-refractivity contribution >= 4 is 11.8 Å². The molecule has 0 atom stereocenters. The van der Waals surface area contributed by atoms with Gasteiger partial charge in [-0.3, -0.25) is 0 Å². The average molecular weight is 232 g/mol. The Kier molecular flexibility index (Phi) is 3.06. The summed E-state index contributed by atoms with van der Waals surface area (Å²) in [5.41, 5.74) is 2.25. The average Bonchev–Trinajstić information content (AvgIpc) is 2.65. The largest absolute Gasteiger partial charge is 0.333 e. The number of imidazole rings is 1. The number of nitrogens with one attached hydrogen (secondary N) is 1. The van der Waals surface area contributed by atoms with Crippen LogP contribution in [-0.4, -0.2) is 14.7 Å². The summed E-state index contributed by atoms with van der Waals surface area (Å²) >= 11 is 1.75. The molecule has 1 heterocycles. The standard InChI is InChI=1S/C13H16N2S/c1-13(2,3)16-12-14-9-11(15-12)10-7-5-4-6-8-10/h4-9H,1-3H3,(H,14,15). The van der Waals surface area contributed by atoms with Crippen molar-refractivity contribution in [1.82, 2.24) is 9.97 Å². The molecule has 0 unspecified atom stereocenters. The van der Waals surface area contributed by atoms with Crippen LogP contribution in [0.5, 0.6) is 0 Å². The number of aromatic amines is 1. The molecule has 0 saturated heterocycles. The first-order chi connectivity index (χ1) is 7.54. The van der Waals surface area contributed by atoms with Crippen molar-refractivity contribution in [2.75, 3.05) is 0 Å². The molecule has 0 amide bonds. The zero-order valence-electron chi connectivity index (χ0n) is 9.82. The van der Waals surface area contributed by atoms with Gasteiger partial charge in [-0.05, 0) is 5.56 Å². The molecule has 0 fully saturated rings. The predicted octanol–water partition coefficient (Wildman–Crippen LogP) is 3.97. The minimum absolute atomic E-state index is 0.186. The maximum atomic E-state index is 4.39. The van der Waals surface area contributed by atoms with Gasteiger partial charge >= 0.3 is 0 Å². The van der Waals surface area contributed by atoms with Crippen molar-refractivity contribution in [2.45, 2.75) is 30.7 Å². The van der Waals surface area contributed by atoms with Crippen LogP contribution in [0, 0.1) is 0 Å². The minimum Gasteiger partial charge on any atom is -0.333 e. The molecule has 0 bridgehead atoms. The van der Waals surface area contributed by atoms with Crippen LogP contribution in [0.3, 0.4) is 0 Å². The monoisotopic (exact) mass is 232 g/mol. The van der Waals surface area contributed by atoms with Crippen LogP contribution < -0.4 is 0 Å². The van der Waals surface area contributed by atoms with Crippen LogP contribution in [0.1, 0.15) is 20.8 Å². The highest BCUT2D eigenvalue weighted by Crippen LogP contribution is 2.30. The van der Waals surface area contributed by atoms with Gasteiger partial charge in [-0.15, -0.1) is 0 Å². The summed E-state index contributed by atoms with van der Waals surface area (Å²) in [4.78, 5) is 7.72. The van der Waals surface area contributed by atoms with Gasteiger partial charge in [0.2, 0.25) is 0 Å². The molecule has 2 rings (SSSR count). The van der Waals surface area contributed by atoms with Crippen LogP contribution in [-0.2, 0) is 0 Å². The molecule has 1 aromatic carbocycles. The maximum Gasteiger partial charge on any atom is 0.166 e. The van der Waals surface area contributed by atoms with E-state index in [1.54, 1.807) is 11.8 Å². The second-order valence-corrected chi connectivity index (χ2v) is 6.50. The van der Waals surface area contributed by atoms with Crippen molar-refractivity contribution in [3.05, 3.63) is 36.5 Å². The molecule has 2 aromatic rings. The topological polar surface area (TPSA) is 28.7 Å². The molecule has 16 heavy (non-hydrogen) atoms. The SMILES string of the molecule is CC(C)(C)Sc1ncc(-c2ccccc2)[nH]1. The summed E-state index contributed by atoms with van der Waals surface area (Å²) in [5, 5.41) is 0.978. The molecule has 1 N–H and O–H groups in total. The molecule has 0 saturated carbocycles. The highest BCUT2D eigenvalue weighted by atomic mass is 32.2. The number of hydrogen-bond donors (Lipinski definition) is 1. The van der Waals surface area contributed by atoms with E-state index in [0.717, 1.165) is 10.9 Å². The Morgan fingerprint density at radius 1 is 1.12 bits per heavy atom. The fourth-order valence-corrected chi connectivity index (χ4v) is 2.26. The Morgan fingerprint density at radius 2 is 1.81 bits per heavy atom. The van der Waals surface area contributed by atoms with Crippen LogP contribution in [0.25, 0.3) is 11.3 Å². The second kappa shape index (κ2) is 4.34. The zero-order valence-corrected chi connectivity index (χ0v) is 10.6. The maximum absolute atomic E-state index is 4.39. The Balaban J connectivity index is 2.21. The Hall–Kier alpha value is -1.22. The van der Waals surface area contributed by atoms with Crippen molar-refractivity contribution in [3.63, 3.8) is 0 Å². The van der Waals surface area contributed by atoms with E-state index in [1.807, 2.05) is 24.4 Å². The molecule has 3 heteroatoms. The van der Waals surface area contributed by atoms with E-state index >= 15 is 0 Å². The number of hydrogen-bond acceptors (Lipinski definition) is 2.